The van der Waals surface area contributed by atoms with Gasteiger partial charge in [0, 0.05) is 23.9 Å². The molecule has 1 N–H and O–H groups in total. The van der Waals surface area contributed by atoms with E-state index in [-0.39, 0.29) is 0 Å². The molecule has 20 heavy (non-hydrogen) atoms. The molecular weight excluding hydrogens is 244 g/mol. The van der Waals surface area contributed by atoms with Crippen LogP contribution in [0.15, 0.2) is 42.6 Å². The molecule has 2 heteroatoms. The molecule has 104 valence electrons. The molecule has 0 amide bonds. The highest BCUT2D eigenvalue weighted by Crippen LogP contribution is 2.43. The number of nitrogens with one attached hydrogen (secondary N) is 1. The van der Waals surface area contributed by atoms with Crippen molar-refractivity contribution in [3.63, 3.8) is 0 Å². The summed E-state index contributed by atoms with van der Waals surface area (Å²) in [6.07, 6.45) is 4.36. The van der Waals surface area contributed by atoms with E-state index in [0.29, 0.717) is 12.0 Å². The Morgan fingerprint density at radius 1 is 1.25 bits per heavy atom. The van der Waals surface area contributed by atoms with Crippen LogP contribution in [0.2, 0.25) is 0 Å². The number of hydrogen-bond donors (Lipinski definition) is 1. The van der Waals surface area contributed by atoms with Crippen molar-refractivity contribution < 1.29 is 0 Å². The van der Waals surface area contributed by atoms with Crippen LogP contribution in [-0.2, 0) is 6.42 Å². The van der Waals surface area contributed by atoms with Gasteiger partial charge in [0.15, 0.2) is 0 Å². The van der Waals surface area contributed by atoms with Crippen LogP contribution in [0, 0.1) is 6.92 Å². The molecule has 1 heterocycles. The minimum Gasteiger partial charge on any atom is -0.309 e. The Kier molecular flexibility index (Phi) is 3.83. The smallest absolute Gasteiger partial charge is 0.0408 e. The minimum atomic E-state index is 0.387. The maximum Gasteiger partial charge on any atom is 0.0408 e. The summed E-state index contributed by atoms with van der Waals surface area (Å²) in [7, 11) is 0. The Morgan fingerprint density at radius 3 is 2.80 bits per heavy atom. The van der Waals surface area contributed by atoms with Gasteiger partial charge in [0.25, 0.3) is 0 Å². The zero-order valence-electron chi connectivity index (χ0n) is 12.3. The Balaban J connectivity index is 1.86. The third kappa shape index (κ3) is 2.48. The second kappa shape index (κ2) is 5.76. The molecule has 0 aliphatic heterocycles. The van der Waals surface area contributed by atoms with Crippen LogP contribution in [0.1, 0.15) is 47.7 Å². The molecule has 2 atom stereocenters. The van der Waals surface area contributed by atoms with E-state index in [4.69, 9.17) is 0 Å². The van der Waals surface area contributed by atoms with Crippen molar-refractivity contribution in [2.24, 2.45) is 0 Å². The van der Waals surface area contributed by atoms with Gasteiger partial charge in [-0.25, -0.2) is 0 Å². The predicted octanol–water partition coefficient (Wildman–Crippen LogP) is 3.77. The van der Waals surface area contributed by atoms with Gasteiger partial charge in [0.2, 0.25) is 0 Å². The largest absolute Gasteiger partial charge is 0.309 e. The molecule has 1 aliphatic rings. The lowest BCUT2D eigenvalue weighted by Crippen LogP contribution is -2.33. The molecule has 2 nitrogen and oxygen atoms in total. The summed E-state index contributed by atoms with van der Waals surface area (Å²) in [5.41, 5.74) is 5.39. The number of fused-ring (bicyclic) bond motifs is 1. The second-order valence-corrected chi connectivity index (χ2v) is 5.67. The Bertz CT molecular complexity index is 574. The first-order chi connectivity index (χ1) is 9.79. The first-order valence-corrected chi connectivity index (χ1v) is 7.53. The van der Waals surface area contributed by atoms with Gasteiger partial charge in [0.1, 0.15) is 0 Å². The van der Waals surface area contributed by atoms with Crippen molar-refractivity contribution in [2.75, 3.05) is 6.54 Å². The molecule has 1 aromatic carbocycles. The Morgan fingerprint density at radius 2 is 2.10 bits per heavy atom. The number of rotatable bonds is 5. The van der Waals surface area contributed by atoms with E-state index in [1.807, 2.05) is 13.1 Å². The summed E-state index contributed by atoms with van der Waals surface area (Å²) in [6.45, 7) is 5.31. The summed E-state index contributed by atoms with van der Waals surface area (Å²) in [5.74, 6) is 0.585. The normalized spacial score (nSPS) is 18.2. The van der Waals surface area contributed by atoms with E-state index >= 15 is 0 Å². The third-order valence-electron chi connectivity index (χ3n) is 4.20. The average molecular weight is 266 g/mol. The lowest BCUT2D eigenvalue weighted by Gasteiger charge is -2.37. The van der Waals surface area contributed by atoms with Crippen LogP contribution in [0.3, 0.4) is 0 Å². The molecule has 0 saturated carbocycles. The van der Waals surface area contributed by atoms with Gasteiger partial charge >= 0.3 is 0 Å². The van der Waals surface area contributed by atoms with Gasteiger partial charge in [-0.05, 0) is 49.1 Å². The number of pyridine rings is 1. The van der Waals surface area contributed by atoms with Crippen molar-refractivity contribution in [2.45, 2.75) is 38.6 Å². The number of benzene rings is 1. The van der Waals surface area contributed by atoms with E-state index in [9.17, 15) is 0 Å². The van der Waals surface area contributed by atoms with E-state index in [1.165, 1.54) is 23.1 Å². The van der Waals surface area contributed by atoms with Crippen LogP contribution in [0.5, 0.6) is 0 Å². The molecule has 1 aromatic heterocycles. The van der Waals surface area contributed by atoms with E-state index in [2.05, 4.69) is 53.6 Å². The van der Waals surface area contributed by atoms with Crippen molar-refractivity contribution in [1.82, 2.24) is 10.3 Å². The maximum atomic E-state index is 4.46. The van der Waals surface area contributed by atoms with Gasteiger partial charge in [-0.2, -0.15) is 0 Å². The standard InChI is InChI=1S/C18H22N2/c1-3-10-19-18(15-9-8-13(2)20-12-15)17-11-14-6-4-5-7-16(14)17/h4-9,12,17-19H,3,10-11H2,1-2H3. The first kappa shape index (κ1) is 13.3. The van der Waals surface area contributed by atoms with Crippen LogP contribution in [0.25, 0.3) is 0 Å². The fourth-order valence-corrected chi connectivity index (χ4v) is 3.05. The topological polar surface area (TPSA) is 24.9 Å². The zero-order chi connectivity index (χ0) is 13.9. The molecule has 0 bridgehead atoms. The van der Waals surface area contributed by atoms with Gasteiger partial charge in [-0.15, -0.1) is 0 Å². The molecule has 2 unspecified atom stereocenters. The SMILES string of the molecule is CCCNC(c1ccc(C)nc1)C1Cc2ccccc21. The quantitative estimate of drug-likeness (QED) is 0.891. The van der Waals surface area contributed by atoms with Crippen molar-refractivity contribution in [3.05, 3.63) is 65.0 Å². The highest BCUT2D eigenvalue weighted by atomic mass is 14.9. The molecule has 1 aliphatic carbocycles. The summed E-state index contributed by atoms with van der Waals surface area (Å²) < 4.78 is 0. The molecule has 3 rings (SSSR count). The molecule has 2 aromatic rings. The molecule has 0 radical (unpaired) electrons. The molecule has 0 saturated heterocycles. The summed E-state index contributed by atoms with van der Waals surface area (Å²) in [6, 6.07) is 13.5. The summed E-state index contributed by atoms with van der Waals surface area (Å²) in [5, 5.41) is 3.71. The van der Waals surface area contributed by atoms with Crippen LogP contribution in [-0.4, -0.2) is 11.5 Å². The summed E-state index contributed by atoms with van der Waals surface area (Å²) >= 11 is 0. The van der Waals surface area contributed by atoms with E-state index < -0.39 is 0 Å². The second-order valence-electron chi connectivity index (χ2n) is 5.67. The fourth-order valence-electron chi connectivity index (χ4n) is 3.05. The zero-order valence-corrected chi connectivity index (χ0v) is 12.3. The average Bonchev–Trinajstić information content (AvgIpc) is 2.45. The van der Waals surface area contributed by atoms with Gasteiger partial charge < -0.3 is 5.32 Å². The highest BCUT2D eigenvalue weighted by molar-refractivity contribution is 5.43. The monoisotopic (exact) mass is 266 g/mol. The number of aryl methyl sites for hydroxylation is 1. The Hall–Kier alpha value is -1.67. The third-order valence-corrected chi connectivity index (χ3v) is 4.20. The lowest BCUT2D eigenvalue weighted by atomic mass is 9.72. The number of nitrogens with zero attached hydrogens (tertiary/aromatic N) is 1. The van der Waals surface area contributed by atoms with Gasteiger partial charge in [-0.3, -0.25) is 4.98 Å². The van der Waals surface area contributed by atoms with Crippen LogP contribution >= 0.6 is 0 Å². The fraction of sp³-hybridized carbons (Fsp3) is 0.389. The molecular formula is C18H22N2. The maximum absolute atomic E-state index is 4.46. The van der Waals surface area contributed by atoms with E-state index in [1.54, 1.807) is 0 Å². The molecule has 0 fully saturated rings. The van der Waals surface area contributed by atoms with Crippen molar-refractivity contribution >= 4 is 0 Å². The van der Waals surface area contributed by atoms with Gasteiger partial charge in [-0.1, -0.05) is 37.3 Å². The van der Waals surface area contributed by atoms with E-state index in [0.717, 1.165) is 18.7 Å². The minimum absolute atomic E-state index is 0.387. The number of aromatic nitrogens is 1. The number of hydrogen-bond acceptors (Lipinski definition) is 2. The van der Waals surface area contributed by atoms with Crippen molar-refractivity contribution in [1.29, 1.82) is 0 Å². The Labute approximate surface area is 121 Å². The predicted molar refractivity (Wildman–Crippen MR) is 82.9 cm³/mol. The first-order valence-electron chi connectivity index (χ1n) is 7.53. The summed E-state index contributed by atoms with van der Waals surface area (Å²) in [4.78, 5) is 4.46. The highest BCUT2D eigenvalue weighted by Gasteiger charge is 2.33. The van der Waals surface area contributed by atoms with Crippen LogP contribution < -0.4 is 5.32 Å². The van der Waals surface area contributed by atoms with Gasteiger partial charge in [0.05, 0.1) is 0 Å². The molecule has 0 spiro atoms. The van der Waals surface area contributed by atoms with Crippen LogP contribution in [0.4, 0.5) is 0 Å². The van der Waals surface area contributed by atoms with Crippen molar-refractivity contribution in [3.8, 4) is 0 Å². The lowest BCUT2D eigenvalue weighted by molar-refractivity contribution is 0.410.